The van der Waals surface area contributed by atoms with Crippen LogP contribution in [0.25, 0.3) is 0 Å². The quantitative estimate of drug-likeness (QED) is 0.704. The molecule has 4 aliphatic heterocycles. The first-order valence-electron chi connectivity index (χ1n) is 10.3. The van der Waals surface area contributed by atoms with Gasteiger partial charge in [-0.3, -0.25) is 9.59 Å². The molecule has 5 rings (SSSR count). The molecule has 0 saturated carbocycles. The van der Waals surface area contributed by atoms with Gasteiger partial charge < -0.3 is 19.3 Å². The summed E-state index contributed by atoms with van der Waals surface area (Å²) < 4.78 is 38.4. The lowest BCUT2D eigenvalue weighted by Gasteiger charge is -2.35. The molecule has 1 aromatic carbocycles. The van der Waals surface area contributed by atoms with Crippen molar-refractivity contribution in [1.82, 2.24) is 9.80 Å². The SMILES string of the molecule is COc1cccc(CN2C[C@]34C=C[C@H](O3)C(C(=O)N3CCC(F)(F)CC3)C4C2=O)c1. The molecule has 160 valence electrons. The number of benzene rings is 1. The molecule has 0 aromatic heterocycles. The van der Waals surface area contributed by atoms with Crippen molar-refractivity contribution < 1.29 is 27.8 Å². The maximum absolute atomic E-state index is 13.5. The van der Waals surface area contributed by atoms with Gasteiger partial charge in [0.2, 0.25) is 11.8 Å². The number of piperidine rings is 1. The van der Waals surface area contributed by atoms with E-state index in [1.54, 1.807) is 12.0 Å². The van der Waals surface area contributed by atoms with Crippen molar-refractivity contribution in [3.63, 3.8) is 0 Å². The molecular weight excluding hydrogens is 394 g/mol. The lowest BCUT2D eigenvalue weighted by molar-refractivity contribution is -0.147. The van der Waals surface area contributed by atoms with Crippen LogP contribution in [0.3, 0.4) is 0 Å². The van der Waals surface area contributed by atoms with E-state index in [1.807, 2.05) is 36.4 Å². The molecule has 3 fully saturated rings. The fourth-order valence-corrected chi connectivity index (χ4v) is 5.25. The van der Waals surface area contributed by atoms with Crippen LogP contribution in [0.1, 0.15) is 18.4 Å². The van der Waals surface area contributed by atoms with Crippen molar-refractivity contribution in [2.24, 2.45) is 11.8 Å². The van der Waals surface area contributed by atoms with Gasteiger partial charge in [0.25, 0.3) is 5.92 Å². The molecule has 2 amide bonds. The van der Waals surface area contributed by atoms with Crippen LogP contribution in [0.15, 0.2) is 36.4 Å². The van der Waals surface area contributed by atoms with E-state index in [1.165, 1.54) is 4.90 Å². The lowest BCUT2D eigenvalue weighted by atomic mass is 9.76. The number of carbonyl (C=O) groups excluding carboxylic acids is 2. The molecule has 0 N–H and O–H groups in total. The minimum atomic E-state index is -2.72. The van der Waals surface area contributed by atoms with Gasteiger partial charge in [-0.25, -0.2) is 8.78 Å². The molecule has 0 aliphatic carbocycles. The van der Waals surface area contributed by atoms with Gasteiger partial charge in [0.05, 0.1) is 31.6 Å². The number of likely N-dealkylation sites (tertiary alicyclic amines) is 2. The van der Waals surface area contributed by atoms with Gasteiger partial charge in [-0.1, -0.05) is 24.3 Å². The Morgan fingerprint density at radius 1 is 1.30 bits per heavy atom. The molecule has 6 nitrogen and oxygen atoms in total. The standard InChI is InChI=1S/C22H24F2N2O4/c1-29-15-4-2-3-14(11-15)12-26-13-21-6-5-16(30-21)17(18(21)20(26)28)19(27)25-9-7-22(23,24)8-10-25/h2-6,11,16-18H,7-10,12-13H2,1H3/t16-,17?,18?,21-/m0/s1. The molecule has 3 saturated heterocycles. The Bertz CT molecular complexity index is 910. The molecule has 1 spiro atoms. The summed E-state index contributed by atoms with van der Waals surface area (Å²) >= 11 is 0. The molecule has 2 unspecified atom stereocenters. The summed E-state index contributed by atoms with van der Waals surface area (Å²) in [5.74, 6) is -3.63. The predicted octanol–water partition coefficient (Wildman–Crippen LogP) is 2.23. The number of alkyl halides is 2. The van der Waals surface area contributed by atoms with E-state index in [0.717, 1.165) is 5.56 Å². The first kappa shape index (κ1) is 19.5. The van der Waals surface area contributed by atoms with Crippen molar-refractivity contribution in [2.45, 2.75) is 37.0 Å². The third-order valence-electron chi connectivity index (χ3n) is 6.78. The number of hydrogen-bond acceptors (Lipinski definition) is 4. The zero-order valence-corrected chi connectivity index (χ0v) is 16.7. The second-order valence-corrected chi connectivity index (χ2v) is 8.63. The van der Waals surface area contributed by atoms with Crippen LogP contribution in [-0.2, 0) is 20.9 Å². The molecule has 1 aromatic rings. The highest BCUT2D eigenvalue weighted by Gasteiger charge is 2.67. The van der Waals surface area contributed by atoms with Crippen LogP contribution < -0.4 is 4.74 Å². The molecular formula is C22H24F2N2O4. The highest BCUT2D eigenvalue weighted by Crippen LogP contribution is 2.52. The highest BCUT2D eigenvalue weighted by atomic mass is 19.3. The van der Waals surface area contributed by atoms with Crippen LogP contribution in [0, 0.1) is 11.8 Å². The summed E-state index contributed by atoms with van der Waals surface area (Å²) in [6, 6.07) is 7.51. The van der Waals surface area contributed by atoms with Crippen LogP contribution in [0.4, 0.5) is 8.78 Å². The third-order valence-corrected chi connectivity index (χ3v) is 6.78. The number of carbonyl (C=O) groups is 2. The molecule has 4 atom stereocenters. The van der Waals surface area contributed by atoms with Gasteiger partial charge in [-0.15, -0.1) is 0 Å². The van der Waals surface area contributed by atoms with Gasteiger partial charge in [-0.05, 0) is 17.7 Å². The van der Waals surface area contributed by atoms with Crippen molar-refractivity contribution in [3.8, 4) is 5.75 Å². The zero-order chi connectivity index (χ0) is 21.1. The minimum absolute atomic E-state index is 0.0141. The van der Waals surface area contributed by atoms with Crippen LogP contribution in [0.2, 0.25) is 0 Å². The average Bonchev–Trinajstić information content (AvgIpc) is 3.36. The number of nitrogens with zero attached hydrogens (tertiary/aromatic N) is 2. The van der Waals surface area contributed by atoms with Crippen LogP contribution in [-0.4, -0.2) is 66.0 Å². The number of rotatable bonds is 4. The van der Waals surface area contributed by atoms with Gasteiger partial charge in [0, 0.05) is 32.5 Å². The van der Waals surface area contributed by atoms with Crippen molar-refractivity contribution in [3.05, 3.63) is 42.0 Å². The molecule has 0 radical (unpaired) electrons. The van der Waals surface area contributed by atoms with E-state index in [-0.39, 0.29) is 37.7 Å². The summed E-state index contributed by atoms with van der Waals surface area (Å²) in [6.45, 7) is 0.802. The Labute approximate surface area is 173 Å². The topological polar surface area (TPSA) is 59.1 Å². The second-order valence-electron chi connectivity index (χ2n) is 8.63. The smallest absolute Gasteiger partial charge is 0.251 e. The summed E-state index contributed by atoms with van der Waals surface area (Å²) in [5, 5.41) is 0. The monoisotopic (exact) mass is 418 g/mol. The van der Waals surface area contributed by atoms with Crippen molar-refractivity contribution >= 4 is 11.8 Å². The van der Waals surface area contributed by atoms with E-state index < -0.39 is 29.5 Å². The largest absolute Gasteiger partial charge is 0.497 e. The normalized spacial score (nSPS) is 33.8. The Morgan fingerprint density at radius 3 is 2.80 bits per heavy atom. The van der Waals surface area contributed by atoms with Gasteiger partial charge in [0.15, 0.2) is 0 Å². The fourth-order valence-electron chi connectivity index (χ4n) is 5.25. The third kappa shape index (κ3) is 3.00. The number of amides is 2. The molecule has 8 heteroatoms. The molecule has 30 heavy (non-hydrogen) atoms. The van der Waals surface area contributed by atoms with E-state index in [4.69, 9.17) is 9.47 Å². The van der Waals surface area contributed by atoms with E-state index >= 15 is 0 Å². The highest BCUT2D eigenvalue weighted by molar-refractivity contribution is 5.93. The van der Waals surface area contributed by atoms with Crippen LogP contribution in [0.5, 0.6) is 5.75 Å². The van der Waals surface area contributed by atoms with Gasteiger partial charge in [0.1, 0.15) is 11.4 Å². The first-order chi connectivity index (χ1) is 14.3. The molecule has 2 bridgehead atoms. The minimum Gasteiger partial charge on any atom is -0.497 e. The van der Waals surface area contributed by atoms with Gasteiger partial charge >= 0.3 is 0 Å². The number of fused-ring (bicyclic) bond motifs is 1. The Balaban J connectivity index is 1.35. The number of methoxy groups -OCH3 is 1. The van der Waals surface area contributed by atoms with E-state index in [0.29, 0.717) is 18.8 Å². The maximum Gasteiger partial charge on any atom is 0.251 e. The molecule has 4 aliphatic rings. The number of hydrogen-bond donors (Lipinski definition) is 0. The van der Waals surface area contributed by atoms with E-state index in [2.05, 4.69) is 0 Å². The zero-order valence-electron chi connectivity index (χ0n) is 16.7. The maximum atomic E-state index is 13.5. The predicted molar refractivity (Wildman–Crippen MR) is 103 cm³/mol. The summed E-state index contributed by atoms with van der Waals surface area (Å²) in [5.41, 5.74) is 0.124. The summed E-state index contributed by atoms with van der Waals surface area (Å²) in [7, 11) is 1.59. The number of halogens is 2. The molecule has 4 heterocycles. The Hall–Kier alpha value is -2.48. The van der Waals surface area contributed by atoms with Gasteiger partial charge in [-0.2, -0.15) is 0 Å². The first-order valence-corrected chi connectivity index (χ1v) is 10.3. The number of ether oxygens (including phenoxy) is 2. The Kier molecular flexibility index (Phi) is 4.39. The van der Waals surface area contributed by atoms with Crippen LogP contribution >= 0.6 is 0 Å². The summed E-state index contributed by atoms with van der Waals surface area (Å²) in [6.07, 6.45) is 2.62. The second kappa shape index (κ2) is 6.77. The average molecular weight is 418 g/mol. The lowest BCUT2D eigenvalue weighted by Crippen LogP contribution is -2.50. The van der Waals surface area contributed by atoms with E-state index in [9.17, 15) is 18.4 Å². The van der Waals surface area contributed by atoms with Crippen molar-refractivity contribution in [1.29, 1.82) is 0 Å². The Morgan fingerprint density at radius 2 is 2.07 bits per heavy atom. The summed E-state index contributed by atoms with van der Waals surface area (Å²) in [4.78, 5) is 29.7. The fraction of sp³-hybridized carbons (Fsp3) is 0.545. The van der Waals surface area contributed by atoms with Crippen molar-refractivity contribution in [2.75, 3.05) is 26.7 Å².